The number of halogens is 1. The summed E-state index contributed by atoms with van der Waals surface area (Å²) < 4.78 is 13.3. The monoisotopic (exact) mass is 280 g/mol. The van der Waals surface area contributed by atoms with Gasteiger partial charge in [-0.1, -0.05) is 30.3 Å². The quantitative estimate of drug-likeness (QED) is 0.780. The summed E-state index contributed by atoms with van der Waals surface area (Å²) in [5.74, 6) is 0.157. The van der Waals surface area contributed by atoms with Crippen LogP contribution in [0.25, 0.3) is 22.6 Å². The minimum atomic E-state index is -0.277. The molecule has 0 fully saturated rings. The van der Waals surface area contributed by atoms with Crippen LogP contribution in [0.3, 0.4) is 0 Å². The van der Waals surface area contributed by atoms with E-state index in [0.29, 0.717) is 22.6 Å². The Kier molecular flexibility index (Phi) is 3.36. The van der Waals surface area contributed by atoms with Gasteiger partial charge in [0.15, 0.2) is 0 Å². The maximum Gasteiger partial charge on any atom is 0.251 e. The minimum absolute atomic E-state index is 0.235. The van der Waals surface area contributed by atoms with Gasteiger partial charge in [-0.2, -0.15) is 0 Å². The van der Waals surface area contributed by atoms with E-state index in [9.17, 15) is 9.18 Å². The van der Waals surface area contributed by atoms with Crippen molar-refractivity contribution < 1.29 is 4.39 Å². The molecule has 2 aromatic carbocycles. The summed E-state index contributed by atoms with van der Waals surface area (Å²) in [5, 5.41) is 0. The third-order valence-corrected chi connectivity index (χ3v) is 3.24. The van der Waals surface area contributed by atoms with Gasteiger partial charge in [-0.25, -0.2) is 9.37 Å². The number of aromatic nitrogens is 2. The van der Waals surface area contributed by atoms with Gasteiger partial charge in [0.2, 0.25) is 0 Å². The molecule has 3 nitrogen and oxygen atoms in total. The number of hydrogen-bond acceptors (Lipinski definition) is 2. The molecule has 104 valence electrons. The second-order valence-corrected chi connectivity index (χ2v) is 4.81. The van der Waals surface area contributed by atoms with Crippen molar-refractivity contribution in [2.45, 2.75) is 6.92 Å². The second-order valence-electron chi connectivity index (χ2n) is 4.81. The third kappa shape index (κ3) is 2.74. The first-order valence-electron chi connectivity index (χ1n) is 6.57. The number of aryl methyl sites for hydroxylation is 1. The Labute approximate surface area is 121 Å². The normalized spacial score (nSPS) is 10.6. The van der Waals surface area contributed by atoms with E-state index in [1.54, 1.807) is 19.1 Å². The Morgan fingerprint density at radius 2 is 1.76 bits per heavy atom. The summed E-state index contributed by atoms with van der Waals surface area (Å²) in [7, 11) is 0. The topological polar surface area (TPSA) is 45.8 Å². The van der Waals surface area contributed by atoms with Crippen molar-refractivity contribution in [3.05, 3.63) is 76.3 Å². The van der Waals surface area contributed by atoms with Crippen LogP contribution in [0, 0.1) is 12.7 Å². The van der Waals surface area contributed by atoms with Crippen LogP contribution >= 0.6 is 0 Å². The molecule has 0 bridgehead atoms. The molecule has 0 atom stereocenters. The molecule has 0 amide bonds. The first-order chi connectivity index (χ1) is 10.1. The maximum atomic E-state index is 13.3. The number of aromatic amines is 1. The van der Waals surface area contributed by atoms with E-state index < -0.39 is 0 Å². The zero-order chi connectivity index (χ0) is 14.8. The number of H-pyrrole nitrogens is 1. The Morgan fingerprint density at radius 1 is 1.00 bits per heavy atom. The van der Waals surface area contributed by atoms with E-state index in [0.717, 1.165) is 5.56 Å². The number of benzene rings is 2. The van der Waals surface area contributed by atoms with Crippen molar-refractivity contribution in [3.63, 3.8) is 0 Å². The van der Waals surface area contributed by atoms with E-state index in [1.807, 2.05) is 30.3 Å². The van der Waals surface area contributed by atoms with Crippen LogP contribution in [-0.4, -0.2) is 9.97 Å². The molecule has 0 radical (unpaired) electrons. The molecule has 1 aromatic heterocycles. The van der Waals surface area contributed by atoms with E-state index in [-0.39, 0.29) is 11.4 Å². The summed E-state index contributed by atoms with van der Waals surface area (Å²) in [6.45, 7) is 1.68. The van der Waals surface area contributed by atoms with Gasteiger partial charge < -0.3 is 4.98 Å². The van der Waals surface area contributed by atoms with Crippen LogP contribution in [0.4, 0.5) is 4.39 Å². The van der Waals surface area contributed by atoms with Crippen LogP contribution in [0.5, 0.6) is 0 Å². The first-order valence-corrected chi connectivity index (χ1v) is 6.57. The highest BCUT2D eigenvalue weighted by Crippen LogP contribution is 2.21. The van der Waals surface area contributed by atoms with Gasteiger partial charge >= 0.3 is 0 Å². The van der Waals surface area contributed by atoms with E-state index >= 15 is 0 Å². The van der Waals surface area contributed by atoms with Crippen molar-refractivity contribution >= 4 is 0 Å². The SMILES string of the molecule is Cc1cc(-c2nc(-c3ccccc3)cc(=O)[nH]2)ccc1F. The van der Waals surface area contributed by atoms with Crippen LogP contribution in [0.2, 0.25) is 0 Å². The highest BCUT2D eigenvalue weighted by Gasteiger charge is 2.07. The van der Waals surface area contributed by atoms with Gasteiger partial charge in [0, 0.05) is 17.2 Å². The summed E-state index contributed by atoms with van der Waals surface area (Å²) >= 11 is 0. The minimum Gasteiger partial charge on any atom is -0.306 e. The smallest absolute Gasteiger partial charge is 0.251 e. The van der Waals surface area contributed by atoms with Gasteiger partial charge in [0.25, 0.3) is 5.56 Å². The van der Waals surface area contributed by atoms with Crippen molar-refractivity contribution in [2.75, 3.05) is 0 Å². The molecule has 0 saturated heterocycles. The van der Waals surface area contributed by atoms with Crippen LogP contribution in [0.15, 0.2) is 59.4 Å². The average molecular weight is 280 g/mol. The Hall–Kier alpha value is -2.75. The Morgan fingerprint density at radius 3 is 2.48 bits per heavy atom. The molecule has 0 aliphatic rings. The summed E-state index contributed by atoms with van der Waals surface area (Å²) in [5.41, 5.74) is 2.42. The average Bonchev–Trinajstić information content (AvgIpc) is 2.50. The molecule has 1 N–H and O–H groups in total. The van der Waals surface area contributed by atoms with Crippen molar-refractivity contribution in [2.24, 2.45) is 0 Å². The fourth-order valence-corrected chi connectivity index (χ4v) is 2.14. The molecular weight excluding hydrogens is 267 g/mol. The predicted molar refractivity (Wildman–Crippen MR) is 80.4 cm³/mol. The molecule has 0 aliphatic heterocycles. The molecule has 1 heterocycles. The third-order valence-electron chi connectivity index (χ3n) is 3.24. The fraction of sp³-hybridized carbons (Fsp3) is 0.0588. The first kappa shape index (κ1) is 13.2. The molecule has 3 aromatic rings. The lowest BCUT2D eigenvalue weighted by Crippen LogP contribution is -2.08. The Balaban J connectivity index is 2.14. The Bertz CT molecular complexity index is 841. The maximum absolute atomic E-state index is 13.3. The van der Waals surface area contributed by atoms with E-state index in [4.69, 9.17) is 0 Å². The zero-order valence-corrected chi connectivity index (χ0v) is 11.4. The van der Waals surface area contributed by atoms with Crippen LogP contribution < -0.4 is 5.56 Å². The van der Waals surface area contributed by atoms with Crippen molar-refractivity contribution in [1.29, 1.82) is 0 Å². The highest BCUT2D eigenvalue weighted by atomic mass is 19.1. The molecular formula is C17H13FN2O. The molecule has 4 heteroatoms. The second kappa shape index (κ2) is 5.32. The molecule has 21 heavy (non-hydrogen) atoms. The molecule has 0 saturated carbocycles. The zero-order valence-electron chi connectivity index (χ0n) is 11.4. The van der Waals surface area contributed by atoms with Gasteiger partial charge in [-0.05, 0) is 30.7 Å². The molecule has 0 spiro atoms. The molecule has 0 unspecified atom stereocenters. The lowest BCUT2D eigenvalue weighted by atomic mass is 10.1. The van der Waals surface area contributed by atoms with Gasteiger partial charge in [-0.3, -0.25) is 4.79 Å². The highest BCUT2D eigenvalue weighted by molar-refractivity contribution is 5.63. The summed E-state index contributed by atoms with van der Waals surface area (Å²) in [6, 6.07) is 15.6. The standard InChI is InChI=1S/C17H13FN2O/c1-11-9-13(7-8-14(11)18)17-19-15(10-16(21)20-17)12-5-3-2-4-6-12/h2-10H,1H3,(H,19,20,21). The van der Waals surface area contributed by atoms with E-state index in [2.05, 4.69) is 9.97 Å². The lowest BCUT2D eigenvalue weighted by Gasteiger charge is -2.06. The van der Waals surface area contributed by atoms with Gasteiger partial charge in [0.05, 0.1) is 5.69 Å². The van der Waals surface area contributed by atoms with Crippen molar-refractivity contribution in [3.8, 4) is 22.6 Å². The number of nitrogens with zero attached hydrogens (tertiary/aromatic N) is 1. The van der Waals surface area contributed by atoms with Crippen LogP contribution in [-0.2, 0) is 0 Å². The number of hydrogen-bond donors (Lipinski definition) is 1. The summed E-state index contributed by atoms with van der Waals surface area (Å²) in [6.07, 6.45) is 0. The summed E-state index contributed by atoms with van der Waals surface area (Å²) in [4.78, 5) is 19.0. The molecule has 0 aliphatic carbocycles. The van der Waals surface area contributed by atoms with Gasteiger partial charge in [-0.15, -0.1) is 0 Å². The number of rotatable bonds is 2. The van der Waals surface area contributed by atoms with Gasteiger partial charge in [0.1, 0.15) is 11.6 Å². The molecule has 3 rings (SSSR count). The van der Waals surface area contributed by atoms with Crippen LogP contribution in [0.1, 0.15) is 5.56 Å². The van der Waals surface area contributed by atoms with Crippen molar-refractivity contribution in [1.82, 2.24) is 9.97 Å². The number of nitrogens with one attached hydrogen (secondary N) is 1. The lowest BCUT2D eigenvalue weighted by molar-refractivity contribution is 0.618. The fourth-order valence-electron chi connectivity index (χ4n) is 2.14. The largest absolute Gasteiger partial charge is 0.306 e. The predicted octanol–water partition coefficient (Wildman–Crippen LogP) is 3.55. The van der Waals surface area contributed by atoms with E-state index in [1.165, 1.54) is 12.1 Å².